The summed E-state index contributed by atoms with van der Waals surface area (Å²) in [5.41, 5.74) is 2.03. The lowest BCUT2D eigenvalue weighted by molar-refractivity contribution is 0.0132. The minimum atomic E-state index is -0.599. The Morgan fingerprint density at radius 2 is 2.05 bits per heavy atom. The van der Waals surface area contributed by atoms with Crippen molar-refractivity contribution in [2.75, 3.05) is 24.5 Å². The topological polar surface area (TPSA) is 47.9 Å². The standard InChI is InChI=1S/C18H27N3O/c1-2-19-17(20-14-18(22)11-6-3-7-12-18)21-13-10-15-8-4-5-9-16(15)21/h4-5,8-9,22H,2-3,6-7,10-14H2,1H3,(H,19,20). The molecule has 2 N–H and O–H groups in total. The Bertz CT molecular complexity index is 535. The highest BCUT2D eigenvalue weighted by atomic mass is 16.3. The predicted molar refractivity (Wildman–Crippen MR) is 91.5 cm³/mol. The molecule has 0 bridgehead atoms. The van der Waals surface area contributed by atoms with Gasteiger partial charge in [0.05, 0.1) is 12.1 Å². The molecule has 120 valence electrons. The second-order valence-corrected chi connectivity index (χ2v) is 6.49. The van der Waals surface area contributed by atoms with Gasteiger partial charge in [-0.3, -0.25) is 0 Å². The number of para-hydroxylation sites is 1. The number of guanidine groups is 1. The monoisotopic (exact) mass is 301 g/mol. The zero-order chi connectivity index (χ0) is 15.4. The highest BCUT2D eigenvalue weighted by molar-refractivity contribution is 5.98. The van der Waals surface area contributed by atoms with E-state index in [0.29, 0.717) is 6.54 Å². The number of nitrogens with one attached hydrogen (secondary N) is 1. The van der Waals surface area contributed by atoms with Crippen LogP contribution in [0.3, 0.4) is 0 Å². The highest BCUT2D eigenvalue weighted by Gasteiger charge is 2.30. The van der Waals surface area contributed by atoms with E-state index in [9.17, 15) is 5.11 Å². The molecule has 1 aromatic rings. The maximum absolute atomic E-state index is 10.7. The summed E-state index contributed by atoms with van der Waals surface area (Å²) >= 11 is 0. The maximum atomic E-state index is 10.7. The van der Waals surface area contributed by atoms with Crippen molar-refractivity contribution in [2.45, 2.75) is 51.0 Å². The Balaban J connectivity index is 1.77. The van der Waals surface area contributed by atoms with Crippen LogP contribution in [-0.2, 0) is 6.42 Å². The van der Waals surface area contributed by atoms with Gasteiger partial charge in [-0.05, 0) is 37.8 Å². The molecule has 0 saturated heterocycles. The van der Waals surface area contributed by atoms with Crippen LogP contribution >= 0.6 is 0 Å². The van der Waals surface area contributed by atoms with Gasteiger partial charge in [-0.15, -0.1) is 0 Å². The van der Waals surface area contributed by atoms with Crippen LogP contribution in [0.5, 0.6) is 0 Å². The molecule has 0 aromatic heterocycles. The lowest BCUT2D eigenvalue weighted by atomic mass is 9.85. The van der Waals surface area contributed by atoms with Gasteiger partial charge in [-0.1, -0.05) is 37.5 Å². The Hall–Kier alpha value is -1.55. The van der Waals surface area contributed by atoms with E-state index in [4.69, 9.17) is 4.99 Å². The smallest absolute Gasteiger partial charge is 0.198 e. The molecule has 1 saturated carbocycles. The van der Waals surface area contributed by atoms with Gasteiger partial charge in [0.1, 0.15) is 0 Å². The zero-order valence-electron chi connectivity index (χ0n) is 13.5. The summed E-state index contributed by atoms with van der Waals surface area (Å²) in [6, 6.07) is 8.52. The molecule has 0 unspecified atom stereocenters. The van der Waals surface area contributed by atoms with Crippen LogP contribution in [-0.4, -0.2) is 36.3 Å². The minimum Gasteiger partial charge on any atom is -0.388 e. The van der Waals surface area contributed by atoms with Crippen LogP contribution in [0.4, 0.5) is 5.69 Å². The molecule has 0 spiro atoms. The van der Waals surface area contributed by atoms with Crippen molar-refractivity contribution >= 4 is 11.6 Å². The minimum absolute atomic E-state index is 0.508. The van der Waals surface area contributed by atoms with Gasteiger partial charge in [0.25, 0.3) is 0 Å². The van der Waals surface area contributed by atoms with Crippen molar-refractivity contribution < 1.29 is 5.11 Å². The quantitative estimate of drug-likeness (QED) is 0.666. The largest absolute Gasteiger partial charge is 0.388 e. The number of hydrogen-bond donors (Lipinski definition) is 2. The predicted octanol–water partition coefficient (Wildman–Crippen LogP) is 2.71. The number of aliphatic hydroxyl groups is 1. The summed E-state index contributed by atoms with van der Waals surface area (Å²) in [5.74, 6) is 0.909. The van der Waals surface area contributed by atoms with E-state index in [2.05, 4.69) is 41.4 Å². The number of nitrogens with zero attached hydrogens (tertiary/aromatic N) is 2. The summed E-state index contributed by atoms with van der Waals surface area (Å²) in [6.07, 6.45) is 6.31. The molecule has 0 amide bonds. The summed E-state index contributed by atoms with van der Waals surface area (Å²) < 4.78 is 0. The molecule has 0 atom stereocenters. The van der Waals surface area contributed by atoms with Gasteiger partial charge in [-0.2, -0.15) is 0 Å². The van der Waals surface area contributed by atoms with Gasteiger partial charge in [-0.25, -0.2) is 4.99 Å². The first-order valence-corrected chi connectivity index (χ1v) is 8.58. The summed E-state index contributed by atoms with van der Waals surface area (Å²) in [7, 11) is 0. The number of anilines is 1. The summed E-state index contributed by atoms with van der Waals surface area (Å²) in [6.45, 7) is 4.40. The third-order valence-corrected chi connectivity index (χ3v) is 4.79. The normalized spacial score (nSPS) is 20.8. The molecular formula is C18H27N3O. The fraction of sp³-hybridized carbons (Fsp3) is 0.611. The molecule has 1 aliphatic heterocycles. The lowest BCUT2D eigenvalue weighted by Gasteiger charge is -2.31. The van der Waals surface area contributed by atoms with Crippen LogP contribution in [0.25, 0.3) is 0 Å². The van der Waals surface area contributed by atoms with Crippen molar-refractivity contribution in [1.82, 2.24) is 5.32 Å². The zero-order valence-corrected chi connectivity index (χ0v) is 13.5. The van der Waals surface area contributed by atoms with E-state index >= 15 is 0 Å². The van der Waals surface area contributed by atoms with E-state index in [1.807, 2.05) is 0 Å². The van der Waals surface area contributed by atoms with Gasteiger partial charge in [0.2, 0.25) is 0 Å². The van der Waals surface area contributed by atoms with Gasteiger partial charge in [0.15, 0.2) is 5.96 Å². The Morgan fingerprint density at radius 3 is 2.82 bits per heavy atom. The first kappa shape index (κ1) is 15.3. The molecule has 4 nitrogen and oxygen atoms in total. The SMILES string of the molecule is CCNC(=NCC1(O)CCCCC1)N1CCc2ccccc21. The Morgan fingerprint density at radius 1 is 1.27 bits per heavy atom. The molecule has 22 heavy (non-hydrogen) atoms. The van der Waals surface area contributed by atoms with Crippen molar-refractivity contribution in [3.05, 3.63) is 29.8 Å². The maximum Gasteiger partial charge on any atom is 0.198 e. The molecule has 1 aliphatic carbocycles. The van der Waals surface area contributed by atoms with Crippen LogP contribution in [0.2, 0.25) is 0 Å². The second-order valence-electron chi connectivity index (χ2n) is 6.49. The summed E-state index contributed by atoms with van der Waals surface area (Å²) in [5, 5.41) is 14.1. The number of aliphatic imine (C=N–C) groups is 1. The fourth-order valence-electron chi connectivity index (χ4n) is 3.54. The number of benzene rings is 1. The van der Waals surface area contributed by atoms with Gasteiger partial charge in [0, 0.05) is 18.8 Å². The molecule has 1 heterocycles. The molecule has 2 aliphatic rings. The van der Waals surface area contributed by atoms with Gasteiger partial charge >= 0.3 is 0 Å². The molecule has 4 heteroatoms. The van der Waals surface area contributed by atoms with Crippen molar-refractivity contribution in [3.63, 3.8) is 0 Å². The second kappa shape index (κ2) is 6.69. The van der Waals surface area contributed by atoms with Crippen LogP contribution < -0.4 is 10.2 Å². The van der Waals surface area contributed by atoms with Crippen LogP contribution in [0, 0.1) is 0 Å². The molecule has 3 rings (SSSR count). The third kappa shape index (κ3) is 3.27. The first-order chi connectivity index (χ1) is 10.7. The van der Waals surface area contributed by atoms with E-state index < -0.39 is 5.60 Å². The highest BCUT2D eigenvalue weighted by Crippen LogP contribution is 2.30. The van der Waals surface area contributed by atoms with Crippen molar-refractivity contribution in [1.29, 1.82) is 0 Å². The van der Waals surface area contributed by atoms with E-state index in [0.717, 1.165) is 51.2 Å². The number of rotatable bonds is 3. The Kier molecular flexibility index (Phi) is 4.67. The molecule has 1 fully saturated rings. The number of hydrogen-bond acceptors (Lipinski definition) is 2. The van der Waals surface area contributed by atoms with Crippen LogP contribution in [0.15, 0.2) is 29.3 Å². The molecule has 0 radical (unpaired) electrons. The van der Waals surface area contributed by atoms with Crippen molar-refractivity contribution in [2.24, 2.45) is 4.99 Å². The molecular weight excluding hydrogens is 274 g/mol. The third-order valence-electron chi connectivity index (χ3n) is 4.79. The fourth-order valence-corrected chi connectivity index (χ4v) is 3.54. The number of fused-ring (bicyclic) bond motifs is 1. The van der Waals surface area contributed by atoms with E-state index in [1.165, 1.54) is 17.7 Å². The average Bonchev–Trinajstić information content (AvgIpc) is 2.96. The Labute approximate surface area is 133 Å². The van der Waals surface area contributed by atoms with Crippen molar-refractivity contribution in [3.8, 4) is 0 Å². The van der Waals surface area contributed by atoms with Gasteiger partial charge < -0.3 is 15.3 Å². The van der Waals surface area contributed by atoms with Crippen LogP contribution in [0.1, 0.15) is 44.6 Å². The van der Waals surface area contributed by atoms with E-state index in [1.54, 1.807) is 0 Å². The van der Waals surface area contributed by atoms with E-state index in [-0.39, 0.29) is 0 Å². The average molecular weight is 301 g/mol. The molecule has 1 aromatic carbocycles. The summed E-state index contributed by atoms with van der Waals surface area (Å²) in [4.78, 5) is 7.03. The lowest BCUT2D eigenvalue weighted by Crippen LogP contribution is -2.43. The first-order valence-electron chi connectivity index (χ1n) is 8.58.